The van der Waals surface area contributed by atoms with Crippen molar-refractivity contribution in [3.8, 4) is 11.5 Å². The second-order valence-electron chi connectivity index (χ2n) is 5.40. The molecule has 0 unspecified atom stereocenters. The van der Waals surface area contributed by atoms with E-state index in [9.17, 15) is 13.2 Å². The van der Waals surface area contributed by atoms with Gasteiger partial charge in [0.05, 0.1) is 5.56 Å². The van der Waals surface area contributed by atoms with E-state index < -0.39 is 11.7 Å². The van der Waals surface area contributed by atoms with Gasteiger partial charge in [0.15, 0.2) is 11.5 Å². The van der Waals surface area contributed by atoms with Crippen molar-refractivity contribution in [3.05, 3.63) is 53.6 Å². The first-order chi connectivity index (χ1) is 10.9. The van der Waals surface area contributed by atoms with Gasteiger partial charge in [0.25, 0.3) is 0 Å². The van der Waals surface area contributed by atoms with Crippen molar-refractivity contribution in [2.45, 2.75) is 12.6 Å². The second-order valence-corrected chi connectivity index (χ2v) is 5.40. The van der Waals surface area contributed by atoms with E-state index in [1.165, 1.54) is 12.1 Å². The molecule has 23 heavy (non-hydrogen) atoms. The van der Waals surface area contributed by atoms with E-state index in [4.69, 9.17) is 9.47 Å². The number of alkyl halides is 3. The van der Waals surface area contributed by atoms with E-state index in [2.05, 4.69) is 0 Å². The number of hydrogen-bond acceptors (Lipinski definition) is 3. The summed E-state index contributed by atoms with van der Waals surface area (Å²) in [6.07, 6.45) is -3.54. The van der Waals surface area contributed by atoms with Crippen LogP contribution in [0.25, 0.3) is 0 Å². The molecule has 0 aromatic heterocycles. The summed E-state index contributed by atoms with van der Waals surface area (Å²) in [7, 11) is 1.86. The largest absolute Gasteiger partial charge is 0.454 e. The van der Waals surface area contributed by atoms with Gasteiger partial charge in [-0.05, 0) is 48.4 Å². The minimum absolute atomic E-state index is 0.240. The van der Waals surface area contributed by atoms with Crippen LogP contribution < -0.4 is 14.4 Å². The van der Waals surface area contributed by atoms with Crippen LogP contribution in [0, 0.1) is 0 Å². The fraction of sp³-hybridized carbons (Fsp3) is 0.294. The Labute approximate surface area is 132 Å². The highest BCUT2D eigenvalue weighted by atomic mass is 19.4. The van der Waals surface area contributed by atoms with E-state index in [0.29, 0.717) is 6.54 Å². The first kappa shape index (κ1) is 15.5. The molecule has 2 aromatic carbocycles. The first-order valence-electron chi connectivity index (χ1n) is 7.20. The van der Waals surface area contributed by atoms with Crippen molar-refractivity contribution >= 4 is 5.69 Å². The van der Waals surface area contributed by atoms with Gasteiger partial charge in [0.2, 0.25) is 6.79 Å². The third-order valence-corrected chi connectivity index (χ3v) is 3.81. The predicted molar refractivity (Wildman–Crippen MR) is 81.0 cm³/mol. The molecule has 2 aromatic rings. The maximum Gasteiger partial charge on any atom is 0.416 e. The fourth-order valence-corrected chi connectivity index (χ4v) is 2.43. The molecular weight excluding hydrogens is 307 g/mol. The SMILES string of the molecule is CN(CCc1ccc2c(c1)OCO2)c1ccc(C(F)(F)F)cc1. The minimum atomic E-state index is -4.30. The highest BCUT2D eigenvalue weighted by Crippen LogP contribution is 2.33. The molecule has 0 atom stereocenters. The second kappa shape index (κ2) is 6.02. The van der Waals surface area contributed by atoms with Crippen LogP contribution in [-0.2, 0) is 12.6 Å². The van der Waals surface area contributed by atoms with Gasteiger partial charge in [-0.15, -0.1) is 0 Å². The molecule has 0 fully saturated rings. The zero-order valence-corrected chi connectivity index (χ0v) is 12.6. The number of ether oxygens (including phenoxy) is 2. The number of likely N-dealkylation sites (N-methyl/N-ethyl adjacent to an activating group) is 1. The van der Waals surface area contributed by atoms with Crippen molar-refractivity contribution in [2.24, 2.45) is 0 Å². The number of hydrogen-bond donors (Lipinski definition) is 0. The third kappa shape index (κ3) is 3.52. The summed E-state index contributed by atoms with van der Waals surface area (Å²) in [6, 6.07) is 11.0. The molecule has 0 amide bonds. The van der Waals surface area contributed by atoms with Crippen LogP contribution in [0.1, 0.15) is 11.1 Å². The average molecular weight is 323 g/mol. The lowest BCUT2D eigenvalue weighted by molar-refractivity contribution is -0.137. The Hall–Kier alpha value is -2.37. The van der Waals surface area contributed by atoms with E-state index in [1.54, 1.807) is 0 Å². The van der Waals surface area contributed by atoms with Crippen LogP contribution >= 0.6 is 0 Å². The molecular formula is C17H16F3NO2. The molecule has 0 aliphatic carbocycles. The van der Waals surface area contributed by atoms with Gasteiger partial charge in [-0.2, -0.15) is 13.2 Å². The zero-order chi connectivity index (χ0) is 16.4. The standard InChI is InChI=1S/C17H16F3NO2/c1-21(14-5-3-13(4-6-14)17(18,19)20)9-8-12-2-7-15-16(10-12)23-11-22-15/h2-7,10H,8-9,11H2,1H3. The van der Waals surface area contributed by atoms with Gasteiger partial charge in [0.1, 0.15) is 0 Å². The van der Waals surface area contributed by atoms with Gasteiger partial charge in [0, 0.05) is 19.3 Å². The molecule has 0 bridgehead atoms. The van der Waals surface area contributed by atoms with Crippen molar-refractivity contribution in [1.29, 1.82) is 0 Å². The molecule has 1 aliphatic rings. The van der Waals surface area contributed by atoms with Gasteiger partial charge < -0.3 is 14.4 Å². The van der Waals surface area contributed by atoms with E-state index >= 15 is 0 Å². The molecule has 0 saturated carbocycles. The Bertz CT molecular complexity index is 683. The minimum Gasteiger partial charge on any atom is -0.454 e. The Morgan fingerprint density at radius 2 is 1.70 bits per heavy atom. The zero-order valence-electron chi connectivity index (χ0n) is 12.6. The van der Waals surface area contributed by atoms with Crippen molar-refractivity contribution in [3.63, 3.8) is 0 Å². The highest BCUT2D eigenvalue weighted by Gasteiger charge is 2.30. The molecule has 0 saturated heterocycles. The maximum atomic E-state index is 12.6. The number of nitrogens with zero attached hydrogens (tertiary/aromatic N) is 1. The summed E-state index contributed by atoms with van der Waals surface area (Å²) >= 11 is 0. The fourth-order valence-electron chi connectivity index (χ4n) is 2.43. The third-order valence-electron chi connectivity index (χ3n) is 3.81. The van der Waals surface area contributed by atoms with Crippen molar-refractivity contribution < 1.29 is 22.6 Å². The van der Waals surface area contributed by atoms with Crippen LogP contribution in [-0.4, -0.2) is 20.4 Å². The Morgan fingerprint density at radius 3 is 2.39 bits per heavy atom. The summed E-state index contributed by atoms with van der Waals surface area (Å²) in [4.78, 5) is 1.92. The van der Waals surface area contributed by atoms with Gasteiger partial charge in [-0.1, -0.05) is 6.07 Å². The topological polar surface area (TPSA) is 21.7 Å². The highest BCUT2D eigenvalue weighted by molar-refractivity contribution is 5.48. The van der Waals surface area contributed by atoms with Crippen LogP contribution in [0.15, 0.2) is 42.5 Å². The monoisotopic (exact) mass is 323 g/mol. The molecule has 0 N–H and O–H groups in total. The van der Waals surface area contributed by atoms with E-state index in [-0.39, 0.29) is 6.79 Å². The molecule has 3 nitrogen and oxygen atoms in total. The quantitative estimate of drug-likeness (QED) is 0.845. The van der Waals surface area contributed by atoms with Gasteiger partial charge >= 0.3 is 6.18 Å². The molecule has 6 heteroatoms. The molecule has 3 rings (SSSR count). The van der Waals surface area contributed by atoms with Crippen LogP contribution in [0.5, 0.6) is 11.5 Å². The summed E-state index contributed by atoms with van der Waals surface area (Å²) in [6.45, 7) is 0.926. The van der Waals surface area contributed by atoms with Gasteiger partial charge in [-0.3, -0.25) is 0 Å². The van der Waals surface area contributed by atoms with Crippen LogP contribution in [0.4, 0.5) is 18.9 Å². The number of fused-ring (bicyclic) bond motifs is 1. The molecule has 0 spiro atoms. The number of anilines is 1. The average Bonchev–Trinajstić information content (AvgIpc) is 2.99. The maximum absolute atomic E-state index is 12.6. The Morgan fingerprint density at radius 1 is 1.00 bits per heavy atom. The molecule has 0 radical (unpaired) electrons. The lowest BCUT2D eigenvalue weighted by atomic mass is 10.1. The van der Waals surface area contributed by atoms with Crippen LogP contribution in [0.3, 0.4) is 0 Å². The normalized spacial score (nSPS) is 13.2. The summed E-state index contributed by atoms with van der Waals surface area (Å²) in [5, 5.41) is 0. The summed E-state index contributed by atoms with van der Waals surface area (Å²) < 4.78 is 48.3. The lowest BCUT2D eigenvalue weighted by Crippen LogP contribution is -2.20. The molecule has 122 valence electrons. The predicted octanol–water partition coefficient (Wildman–Crippen LogP) is 4.11. The Kier molecular flexibility index (Phi) is 4.07. The van der Waals surface area contributed by atoms with Crippen molar-refractivity contribution in [2.75, 3.05) is 25.3 Å². The smallest absolute Gasteiger partial charge is 0.416 e. The Balaban J connectivity index is 1.62. The van der Waals surface area contributed by atoms with E-state index in [0.717, 1.165) is 41.3 Å². The summed E-state index contributed by atoms with van der Waals surface area (Å²) in [5.41, 5.74) is 1.21. The van der Waals surface area contributed by atoms with Crippen molar-refractivity contribution in [1.82, 2.24) is 0 Å². The number of rotatable bonds is 4. The van der Waals surface area contributed by atoms with Crippen LogP contribution in [0.2, 0.25) is 0 Å². The lowest BCUT2D eigenvalue weighted by Gasteiger charge is -2.20. The molecule has 1 heterocycles. The van der Waals surface area contributed by atoms with Gasteiger partial charge in [-0.25, -0.2) is 0 Å². The first-order valence-corrected chi connectivity index (χ1v) is 7.20. The molecule has 1 aliphatic heterocycles. The van der Waals surface area contributed by atoms with E-state index in [1.807, 2.05) is 30.1 Å². The number of halogens is 3. The number of benzene rings is 2. The summed E-state index contributed by atoms with van der Waals surface area (Å²) in [5.74, 6) is 1.48.